The molecule has 2 rings (SSSR count). The Morgan fingerprint density at radius 1 is 0.902 bits per heavy atom. The van der Waals surface area contributed by atoms with Gasteiger partial charge in [-0.15, -0.1) is 0 Å². The van der Waals surface area contributed by atoms with Crippen LogP contribution in [0, 0.1) is 5.92 Å². The van der Waals surface area contributed by atoms with Gasteiger partial charge >= 0.3 is 18.2 Å². The number of aliphatic carboxylic acids is 1. The second kappa shape index (κ2) is 17.1. The Kier molecular flexibility index (Phi) is 14.7. The fourth-order valence-corrected chi connectivity index (χ4v) is 3.54. The van der Waals surface area contributed by atoms with Crippen LogP contribution in [0.25, 0.3) is 0 Å². The Morgan fingerprint density at radius 3 is 1.98 bits per heavy atom. The number of rotatable bonds is 9. The van der Waals surface area contributed by atoms with E-state index in [1.165, 1.54) is 14.1 Å². The molecule has 1 N–H and O–H groups in total. The van der Waals surface area contributed by atoms with Gasteiger partial charge in [-0.3, -0.25) is 14.4 Å². The molecule has 4 amide bonds. The van der Waals surface area contributed by atoms with Gasteiger partial charge in [0.25, 0.3) is 0 Å². The summed E-state index contributed by atoms with van der Waals surface area (Å²) in [5, 5.41) is 8.53. The molecule has 12 nitrogen and oxygen atoms in total. The Balaban J connectivity index is 0.000000425. The molecule has 0 radical (unpaired) electrons. The lowest BCUT2D eigenvalue weighted by atomic mass is 10.1. The first kappa shape index (κ1) is 35.2. The zero-order valence-corrected chi connectivity index (χ0v) is 25.4. The number of carboxylic acid groups (broad SMARTS) is 1. The van der Waals surface area contributed by atoms with E-state index in [2.05, 4.69) is 13.8 Å². The molecule has 0 unspecified atom stereocenters. The molecule has 1 saturated heterocycles. The van der Waals surface area contributed by atoms with Crippen LogP contribution in [-0.4, -0.2) is 114 Å². The highest BCUT2D eigenvalue weighted by Gasteiger charge is 2.25. The second-order valence-electron chi connectivity index (χ2n) is 11.3. The van der Waals surface area contributed by atoms with E-state index in [0.717, 1.165) is 21.8 Å². The number of hydrogen-bond donors (Lipinski definition) is 1. The Bertz CT molecular complexity index is 1000. The van der Waals surface area contributed by atoms with Crippen molar-refractivity contribution in [1.82, 2.24) is 19.6 Å². The van der Waals surface area contributed by atoms with Crippen molar-refractivity contribution in [3.8, 4) is 0 Å². The third-order valence-electron chi connectivity index (χ3n) is 5.91. The maximum atomic E-state index is 12.1. The summed E-state index contributed by atoms with van der Waals surface area (Å²) < 4.78 is 10.4. The molecule has 0 aliphatic carbocycles. The summed E-state index contributed by atoms with van der Waals surface area (Å²) in [6.07, 6.45) is 0.580. The molecule has 1 heterocycles. The smallest absolute Gasteiger partial charge is 0.410 e. The van der Waals surface area contributed by atoms with Gasteiger partial charge in [-0.2, -0.15) is 0 Å². The van der Waals surface area contributed by atoms with Crippen LogP contribution < -0.4 is 0 Å². The number of hydrogen-bond acceptors (Lipinski definition) is 7. The first-order chi connectivity index (χ1) is 19.1. The van der Waals surface area contributed by atoms with E-state index < -0.39 is 30.1 Å². The number of carbonyl (C=O) groups excluding carboxylic acids is 4. The van der Waals surface area contributed by atoms with Crippen molar-refractivity contribution >= 4 is 30.0 Å². The van der Waals surface area contributed by atoms with Gasteiger partial charge in [-0.25, -0.2) is 9.59 Å². The predicted molar refractivity (Wildman–Crippen MR) is 153 cm³/mol. The van der Waals surface area contributed by atoms with Crippen LogP contribution in [0.3, 0.4) is 0 Å². The number of likely N-dealkylation sites (N-methyl/N-ethyl adjacent to an activating group) is 2. The fourth-order valence-electron chi connectivity index (χ4n) is 3.54. The molecular formula is C29H46N4O8. The summed E-state index contributed by atoms with van der Waals surface area (Å²) in [6.45, 7) is 11.3. The van der Waals surface area contributed by atoms with Crippen molar-refractivity contribution in [1.29, 1.82) is 0 Å². The maximum absolute atomic E-state index is 12.1. The molecule has 1 fully saturated rings. The molecule has 1 aliphatic heterocycles. The highest BCUT2D eigenvalue weighted by atomic mass is 16.6. The number of piperazine rings is 1. The molecule has 12 heteroatoms. The van der Waals surface area contributed by atoms with Gasteiger partial charge in [-0.05, 0) is 38.7 Å². The first-order valence-corrected chi connectivity index (χ1v) is 13.7. The normalized spacial score (nSPS) is 13.1. The molecule has 0 atom stereocenters. The lowest BCUT2D eigenvalue weighted by Gasteiger charge is -2.34. The van der Waals surface area contributed by atoms with Gasteiger partial charge in [0.15, 0.2) is 0 Å². The standard InChI is InChI=1S/C18H26N2O3.C11H20N2O5/c1-15(2)8-9-17(21)19-10-12-20(13-11-19)18(22)23-14-16-6-4-3-5-7-16;1-11(2,3)18-10(17)13(5)6-8(14)12(4)7-9(15)16/h3-7,15H,8-14H2,1-2H3;6-7H2,1-5H3,(H,15,16). The topological polar surface area (TPSA) is 137 Å². The maximum Gasteiger partial charge on any atom is 0.410 e. The number of carboxylic acids is 1. The van der Waals surface area contributed by atoms with Crippen LogP contribution in [0.2, 0.25) is 0 Å². The highest BCUT2D eigenvalue weighted by Crippen LogP contribution is 2.11. The average Bonchev–Trinajstić information content (AvgIpc) is 2.90. The first-order valence-electron chi connectivity index (χ1n) is 13.7. The minimum atomic E-state index is -1.11. The van der Waals surface area contributed by atoms with E-state index in [1.807, 2.05) is 35.2 Å². The van der Waals surface area contributed by atoms with Crippen molar-refractivity contribution in [2.45, 2.75) is 59.7 Å². The van der Waals surface area contributed by atoms with Gasteiger partial charge in [0.1, 0.15) is 25.3 Å². The van der Waals surface area contributed by atoms with Crippen LogP contribution in [0.4, 0.5) is 9.59 Å². The van der Waals surface area contributed by atoms with Crippen molar-refractivity contribution in [3.63, 3.8) is 0 Å². The molecule has 0 aromatic heterocycles. The van der Waals surface area contributed by atoms with E-state index in [4.69, 9.17) is 14.6 Å². The monoisotopic (exact) mass is 578 g/mol. The van der Waals surface area contributed by atoms with Gasteiger partial charge in [0, 0.05) is 46.7 Å². The summed E-state index contributed by atoms with van der Waals surface area (Å²) in [5.41, 5.74) is 0.338. The lowest BCUT2D eigenvalue weighted by Crippen LogP contribution is -2.50. The van der Waals surface area contributed by atoms with E-state index in [1.54, 1.807) is 25.7 Å². The highest BCUT2D eigenvalue weighted by molar-refractivity contribution is 5.85. The van der Waals surface area contributed by atoms with Crippen molar-refractivity contribution in [2.75, 3.05) is 53.4 Å². The van der Waals surface area contributed by atoms with Gasteiger partial charge in [0.05, 0.1) is 0 Å². The van der Waals surface area contributed by atoms with Crippen molar-refractivity contribution < 1.29 is 38.6 Å². The van der Waals surface area contributed by atoms with Crippen LogP contribution >= 0.6 is 0 Å². The minimum Gasteiger partial charge on any atom is -0.480 e. The molecule has 41 heavy (non-hydrogen) atoms. The molecule has 1 aliphatic rings. The van der Waals surface area contributed by atoms with Gasteiger partial charge in [-0.1, -0.05) is 44.2 Å². The van der Waals surface area contributed by atoms with Crippen molar-refractivity contribution in [2.24, 2.45) is 5.92 Å². The molecule has 1 aromatic rings. The van der Waals surface area contributed by atoms with Crippen molar-refractivity contribution in [3.05, 3.63) is 35.9 Å². The van der Waals surface area contributed by atoms with E-state index in [0.29, 0.717) is 38.5 Å². The Morgan fingerprint density at radius 2 is 1.46 bits per heavy atom. The largest absolute Gasteiger partial charge is 0.480 e. The molecular weight excluding hydrogens is 532 g/mol. The number of carbonyl (C=O) groups is 5. The number of amides is 4. The SMILES string of the molecule is CC(C)CCC(=O)N1CCN(C(=O)OCc2ccccc2)CC1.CN(CC(=O)O)C(=O)CN(C)C(=O)OC(C)(C)C. The van der Waals surface area contributed by atoms with E-state index in [-0.39, 0.29) is 25.2 Å². The number of nitrogens with zero attached hydrogens (tertiary/aromatic N) is 4. The molecule has 230 valence electrons. The molecule has 0 saturated carbocycles. The van der Waals surface area contributed by atoms with Crippen LogP contribution in [0.1, 0.15) is 53.0 Å². The zero-order chi connectivity index (χ0) is 31.2. The minimum absolute atomic E-state index is 0.191. The summed E-state index contributed by atoms with van der Waals surface area (Å²) in [6, 6.07) is 9.63. The second-order valence-corrected chi connectivity index (χ2v) is 11.3. The predicted octanol–water partition coefficient (Wildman–Crippen LogP) is 3.30. The Labute approximate surface area is 243 Å². The van der Waals surface area contributed by atoms with Crippen LogP contribution in [0.15, 0.2) is 30.3 Å². The van der Waals surface area contributed by atoms with E-state index >= 15 is 0 Å². The Hall–Kier alpha value is -3.83. The summed E-state index contributed by atoms with van der Waals surface area (Å²) in [5.74, 6) is -0.847. The van der Waals surface area contributed by atoms with Crippen LogP contribution in [-0.2, 0) is 30.5 Å². The molecule has 1 aromatic carbocycles. The third kappa shape index (κ3) is 14.9. The number of benzene rings is 1. The number of ether oxygens (including phenoxy) is 2. The third-order valence-corrected chi connectivity index (χ3v) is 5.91. The lowest BCUT2D eigenvalue weighted by molar-refractivity contribution is -0.143. The van der Waals surface area contributed by atoms with E-state index in [9.17, 15) is 24.0 Å². The summed E-state index contributed by atoms with van der Waals surface area (Å²) in [4.78, 5) is 63.4. The summed E-state index contributed by atoms with van der Waals surface area (Å²) in [7, 11) is 2.78. The zero-order valence-electron chi connectivity index (χ0n) is 25.4. The molecule has 0 spiro atoms. The van der Waals surface area contributed by atoms with Gasteiger partial charge in [0.2, 0.25) is 11.8 Å². The average molecular weight is 579 g/mol. The summed E-state index contributed by atoms with van der Waals surface area (Å²) >= 11 is 0. The molecule has 0 bridgehead atoms. The fraction of sp³-hybridized carbons (Fsp3) is 0.621. The quantitative estimate of drug-likeness (QED) is 0.471. The van der Waals surface area contributed by atoms with Crippen LogP contribution in [0.5, 0.6) is 0 Å². The van der Waals surface area contributed by atoms with Gasteiger partial charge < -0.3 is 34.2 Å².